The van der Waals surface area contributed by atoms with Crippen molar-refractivity contribution in [1.29, 1.82) is 5.26 Å². The van der Waals surface area contributed by atoms with Crippen LogP contribution in [0.4, 0.5) is 0 Å². The van der Waals surface area contributed by atoms with Crippen LogP contribution in [0.2, 0.25) is 5.02 Å². The lowest BCUT2D eigenvalue weighted by molar-refractivity contribution is -0.133. The van der Waals surface area contributed by atoms with Crippen LogP contribution < -0.4 is 0 Å². The molecular formula is C21H19ClN4O. The van der Waals surface area contributed by atoms with Crippen molar-refractivity contribution in [2.45, 2.75) is 19.5 Å². The summed E-state index contributed by atoms with van der Waals surface area (Å²) in [6, 6.07) is 17.3. The number of nitrogens with zero attached hydrogens (tertiary/aromatic N) is 4. The topological polar surface area (TPSA) is 59.7 Å². The molecule has 0 radical (unpaired) electrons. The predicted molar refractivity (Wildman–Crippen MR) is 104 cm³/mol. The van der Waals surface area contributed by atoms with Crippen molar-refractivity contribution in [2.24, 2.45) is 11.0 Å². The molecule has 2 aliphatic rings. The van der Waals surface area contributed by atoms with Gasteiger partial charge in [-0.05, 0) is 35.4 Å². The van der Waals surface area contributed by atoms with E-state index in [1.54, 1.807) is 11.1 Å². The highest BCUT2D eigenvalue weighted by Gasteiger charge is 2.39. The zero-order chi connectivity index (χ0) is 18.8. The second kappa shape index (κ2) is 7.51. The van der Waals surface area contributed by atoms with E-state index in [1.807, 2.05) is 42.5 Å². The molecule has 1 fully saturated rings. The number of benzene rings is 2. The number of carbonyl (C=O) groups excluding carboxylic acids is 1. The third-order valence-electron chi connectivity index (χ3n) is 5.04. The van der Waals surface area contributed by atoms with Crippen molar-refractivity contribution in [1.82, 2.24) is 9.91 Å². The van der Waals surface area contributed by atoms with Crippen molar-refractivity contribution >= 4 is 23.2 Å². The summed E-state index contributed by atoms with van der Waals surface area (Å²) in [5.74, 6) is -0.0966. The zero-order valence-corrected chi connectivity index (χ0v) is 15.6. The fourth-order valence-electron chi connectivity index (χ4n) is 3.64. The number of likely N-dealkylation sites (tertiary alicyclic amines) is 1. The van der Waals surface area contributed by atoms with Gasteiger partial charge >= 0.3 is 0 Å². The molecule has 4 rings (SSSR count). The molecule has 2 aromatic carbocycles. The average molecular weight is 379 g/mol. The fraction of sp³-hybridized carbons (Fsp3) is 0.286. The molecule has 0 aromatic heterocycles. The number of hydrogen-bond acceptors (Lipinski definition) is 4. The number of nitriles is 1. The van der Waals surface area contributed by atoms with Gasteiger partial charge in [-0.25, -0.2) is 5.01 Å². The third kappa shape index (κ3) is 3.87. The Balaban J connectivity index is 1.41. The van der Waals surface area contributed by atoms with Crippen LogP contribution in [0.3, 0.4) is 0 Å². The highest BCUT2D eigenvalue weighted by atomic mass is 35.5. The van der Waals surface area contributed by atoms with Gasteiger partial charge in [0, 0.05) is 31.1 Å². The van der Waals surface area contributed by atoms with Crippen molar-refractivity contribution in [2.75, 3.05) is 13.1 Å². The summed E-state index contributed by atoms with van der Waals surface area (Å²) in [5.41, 5.74) is 3.76. The first kappa shape index (κ1) is 17.7. The van der Waals surface area contributed by atoms with E-state index in [0.29, 0.717) is 23.7 Å². The molecule has 0 bridgehead atoms. The minimum atomic E-state index is -0.162. The van der Waals surface area contributed by atoms with Gasteiger partial charge in [-0.2, -0.15) is 10.4 Å². The summed E-state index contributed by atoms with van der Waals surface area (Å²) in [5, 5.41) is 15.9. The van der Waals surface area contributed by atoms with Crippen LogP contribution in [0, 0.1) is 17.2 Å². The van der Waals surface area contributed by atoms with Crippen LogP contribution >= 0.6 is 11.6 Å². The zero-order valence-electron chi connectivity index (χ0n) is 14.8. The Hall–Kier alpha value is -2.68. The summed E-state index contributed by atoms with van der Waals surface area (Å²) < 4.78 is 0. The molecule has 0 N–H and O–H groups in total. The molecule has 136 valence electrons. The van der Waals surface area contributed by atoms with E-state index in [1.165, 1.54) is 0 Å². The molecule has 2 heterocycles. The average Bonchev–Trinajstić information content (AvgIpc) is 2.99. The molecule has 0 aliphatic carbocycles. The number of amides is 1. The second-order valence-corrected chi connectivity index (χ2v) is 7.40. The largest absolute Gasteiger partial charge is 0.298 e. The smallest absolute Gasteiger partial charge is 0.253 e. The molecule has 1 atom stereocenters. The van der Waals surface area contributed by atoms with Crippen LogP contribution in [0.15, 0.2) is 53.6 Å². The number of carbonyl (C=O) groups is 1. The van der Waals surface area contributed by atoms with Crippen LogP contribution in [0.5, 0.6) is 0 Å². The van der Waals surface area contributed by atoms with Gasteiger partial charge in [-0.1, -0.05) is 35.9 Å². The van der Waals surface area contributed by atoms with Crippen molar-refractivity contribution in [3.8, 4) is 6.07 Å². The van der Waals surface area contributed by atoms with Crippen LogP contribution in [0.25, 0.3) is 0 Å². The normalized spacial score (nSPS) is 19.6. The van der Waals surface area contributed by atoms with E-state index in [4.69, 9.17) is 16.9 Å². The Bertz CT molecular complexity index is 932. The van der Waals surface area contributed by atoms with Gasteiger partial charge in [0.15, 0.2) is 0 Å². The number of rotatable bonds is 4. The third-order valence-corrected chi connectivity index (χ3v) is 5.29. The van der Waals surface area contributed by atoms with Crippen LogP contribution in [-0.4, -0.2) is 34.6 Å². The van der Waals surface area contributed by atoms with E-state index in [2.05, 4.69) is 16.1 Å². The van der Waals surface area contributed by atoms with E-state index in [-0.39, 0.29) is 11.8 Å². The standard InChI is InChI=1S/C21H19ClN4O/c22-18-6-4-15(5-7-18)13-26-21(27)19-14-25(9-8-20(19)24-26)12-17-3-1-2-16(10-17)11-23/h1-7,10,19H,8-9,12-14H2. The summed E-state index contributed by atoms with van der Waals surface area (Å²) >= 11 is 5.93. The lowest BCUT2D eigenvalue weighted by Gasteiger charge is -2.30. The van der Waals surface area contributed by atoms with E-state index < -0.39 is 0 Å². The van der Waals surface area contributed by atoms with E-state index >= 15 is 0 Å². The van der Waals surface area contributed by atoms with Crippen molar-refractivity contribution in [3.63, 3.8) is 0 Å². The minimum Gasteiger partial charge on any atom is -0.298 e. The number of hydrazone groups is 1. The van der Waals surface area contributed by atoms with Crippen molar-refractivity contribution < 1.29 is 4.79 Å². The Labute approximate surface area is 163 Å². The van der Waals surface area contributed by atoms with E-state index in [0.717, 1.165) is 36.3 Å². The molecule has 1 unspecified atom stereocenters. The molecule has 0 spiro atoms. The fourth-order valence-corrected chi connectivity index (χ4v) is 3.77. The van der Waals surface area contributed by atoms with Crippen molar-refractivity contribution in [3.05, 3.63) is 70.2 Å². The van der Waals surface area contributed by atoms with Gasteiger partial charge in [0.1, 0.15) is 0 Å². The molecule has 27 heavy (non-hydrogen) atoms. The monoisotopic (exact) mass is 378 g/mol. The predicted octanol–water partition coefficient (Wildman–Crippen LogP) is 3.43. The lowest BCUT2D eigenvalue weighted by atomic mass is 9.95. The highest BCUT2D eigenvalue weighted by Crippen LogP contribution is 2.26. The Morgan fingerprint density at radius 3 is 2.74 bits per heavy atom. The maximum atomic E-state index is 12.8. The van der Waals surface area contributed by atoms with Gasteiger partial charge in [-0.15, -0.1) is 0 Å². The molecular weight excluding hydrogens is 360 g/mol. The first-order chi connectivity index (χ1) is 13.1. The minimum absolute atomic E-state index is 0.0652. The number of fused-ring (bicyclic) bond motifs is 1. The SMILES string of the molecule is N#Cc1cccc(CN2CCC3=NN(Cc4ccc(Cl)cc4)C(=O)C3C2)c1. The van der Waals surface area contributed by atoms with Gasteiger partial charge in [0.05, 0.1) is 29.8 Å². The second-order valence-electron chi connectivity index (χ2n) is 6.96. The van der Waals surface area contributed by atoms with Gasteiger partial charge in [0.25, 0.3) is 5.91 Å². The van der Waals surface area contributed by atoms with Gasteiger partial charge < -0.3 is 0 Å². The first-order valence-corrected chi connectivity index (χ1v) is 9.35. The lowest BCUT2D eigenvalue weighted by Crippen LogP contribution is -2.42. The first-order valence-electron chi connectivity index (χ1n) is 8.97. The quantitative estimate of drug-likeness (QED) is 0.818. The van der Waals surface area contributed by atoms with Gasteiger partial charge in [-0.3, -0.25) is 9.69 Å². The molecule has 2 aromatic rings. The Morgan fingerprint density at radius 1 is 1.15 bits per heavy atom. The molecule has 2 aliphatic heterocycles. The molecule has 5 nitrogen and oxygen atoms in total. The molecule has 1 saturated heterocycles. The maximum Gasteiger partial charge on any atom is 0.253 e. The molecule has 6 heteroatoms. The van der Waals surface area contributed by atoms with Gasteiger partial charge in [0.2, 0.25) is 0 Å². The molecule has 0 saturated carbocycles. The summed E-state index contributed by atoms with van der Waals surface area (Å²) in [6.07, 6.45) is 0.797. The van der Waals surface area contributed by atoms with E-state index in [9.17, 15) is 4.79 Å². The summed E-state index contributed by atoms with van der Waals surface area (Å²) in [7, 11) is 0. The summed E-state index contributed by atoms with van der Waals surface area (Å²) in [4.78, 5) is 15.1. The number of hydrogen-bond donors (Lipinski definition) is 0. The highest BCUT2D eigenvalue weighted by molar-refractivity contribution is 6.30. The van der Waals surface area contributed by atoms with Crippen LogP contribution in [-0.2, 0) is 17.9 Å². The number of halogens is 1. The number of piperidine rings is 1. The Kier molecular flexibility index (Phi) is 4.93. The molecule has 1 amide bonds. The van der Waals surface area contributed by atoms with Crippen LogP contribution in [0.1, 0.15) is 23.1 Å². The Morgan fingerprint density at radius 2 is 1.96 bits per heavy atom. The maximum absolute atomic E-state index is 12.8. The summed E-state index contributed by atoms with van der Waals surface area (Å²) in [6.45, 7) is 2.75.